The molecule has 0 fully saturated rings. The highest BCUT2D eigenvalue weighted by atomic mass is 35.5. The van der Waals surface area contributed by atoms with Gasteiger partial charge in [0.1, 0.15) is 0 Å². The number of nitrogens with one attached hydrogen (secondary N) is 1. The van der Waals surface area contributed by atoms with Crippen LogP contribution in [0, 0.1) is 0 Å². The van der Waals surface area contributed by atoms with Gasteiger partial charge in [-0.15, -0.1) is 12.4 Å². The lowest BCUT2D eigenvalue weighted by atomic mass is 10.4. The second-order valence-corrected chi connectivity index (χ2v) is 1.71. The molecule has 0 heterocycles. The SMILES string of the molecule is CCONC(C)C.Cl. The summed E-state index contributed by atoms with van der Waals surface area (Å²) >= 11 is 0. The molecule has 0 saturated heterocycles. The Labute approximate surface area is 57.0 Å². The van der Waals surface area contributed by atoms with Gasteiger partial charge in [-0.25, -0.2) is 5.48 Å². The predicted octanol–water partition coefficient (Wildman–Crippen LogP) is 1.36. The lowest BCUT2D eigenvalue weighted by Crippen LogP contribution is -2.22. The van der Waals surface area contributed by atoms with Crippen LogP contribution in [0.25, 0.3) is 0 Å². The Morgan fingerprint density at radius 1 is 1.50 bits per heavy atom. The van der Waals surface area contributed by atoms with Crippen LogP contribution in [0.4, 0.5) is 0 Å². The summed E-state index contributed by atoms with van der Waals surface area (Å²) in [6.07, 6.45) is 0. The molecule has 8 heavy (non-hydrogen) atoms. The maximum absolute atomic E-state index is 4.84. The van der Waals surface area contributed by atoms with Crippen molar-refractivity contribution in [1.82, 2.24) is 5.48 Å². The molecule has 1 N–H and O–H groups in total. The molecule has 0 aliphatic carbocycles. The second kappa shape index (κ2) is 7.21. The molecule has 0 aliphatic heterocycles. The lowest BCUT2D eigenvalue weighted by Gasteiger charge is -2.04. The van der Waals surface area contributed by atoms with Crippen molar-refractivity contribution in [2.75, 3.05) is 6.61 Å². The van der Waals surface area contributed by atoms with Gasteiger partial charge >= 0.3 is 0 Å². The molecule has 0 aromatic rings. The van der Waals surface area contributed by atoms with E-state index < -0.39 is 0 Å². The van der Waals surface area contributed by atoms with Gasteiger partial charge in [0, 0.05) is 6.04 Å². The van der Waals surface area contributed by atoms with Crippen LogP contribution >= 0.6 is 12.4 Å². The van der Waals surface area contributed by atoms with E-state index in [1.807, 2.05) is 20.8 Å². The van der Waals surface area contributed by atoms with Crippen molar-refractivity contribution in [3.05, 3.63) is 0 Å². The van der Waals surface area contributed by atoms with E-state index in [9.17, 15) is 0 Å². The molecule has 2 nitrogen and oxygen atoms in total. The van der Waals surface area contributed by atoms with Gasteiger partial charge in [-0.2, -0.15) is 0 Å². The fourth-order valence-corrected chi connectivity index (χ4v) is 0.250. The zero-order valence-electron chi connectivity index (χ0n) is 5.60. The first-order chi connectivity index (χ1) is 3.27. The molecule has 0 unspecified atom stereocenters. The van der Waals surface area contributed by atoms with E-state index in [0.29, 0.717) is 6.04 Å². The predicted molar refractivity (Wildman–Crippen MR) is 37.1 cm³/mol. The van der Waals surface area contributed by atoms with Crippen LogP contribution in [-0.2, 0) is 4.84 Å². The number of halogens is 1. The standard InChI is InChI=1S/C5H13NO.ClH/c1-4-7-6-5(2)3;/h5-6H,4H2,1-3H3;1H. The number of hydroxylamine groups is 1. The van der Waals surface area contributed by atoms with Crippen molar-refractivity contribution in [3.8, 4) is 0 Å². The highest BCUT2D eigenvalue weighted by Crippen LogP contribution is 1.74. The van der Waals surface area contributed by atoms with E-state index in [1.165, 1.54) is 0 Å². The molecule has 3 heteroatoms. The first kappa shape index (κ1) is 11.1. The zero-order chi connectivity index (χ0) is 5.70. The summed E-state index contributed by atoms with van der Waals surface area (Å²) in [5.41, 5.74) is 2.80. The van der Waals surface area contributed by atoms with Crippen molar-refractivity contribution in [3.63, 3.8) is 0 Å². The van der Waals surface area contributed by atoms with Crippen LogP contribution in [0.3, 0.4) is 0 Å². The average Bonchev–Trinajstić information content (AvgIpc) is 1.61. The molecule has 0 saturated carbocycles. The maximum Gasteiger partial charge on any atom is 0.0654 e. The maximum atomic E-state index is 4.84. The van der Waals surface area contributed by atoms with E-state index in [4.69, 9.17) is 4.84 Å². The third-order valence-corrected chi connectivity index (χ3v) is 0.463. The van der Waals surface area contributed by atoms with Crippen molar-refractivity contribution < 1.29 is 4.84 Å². The first-order valence-electron chi connectivity index (χ1n) is 2.64. The lowest BCUT2D eigenvalue weighted by molar-refractivity contribution is 0.0331. The molecule has 0 aliphatic rings. The molecule has 0 spiro atoms. The Hall–Kier alpha value is 0.210. The Bertz CT molecular complexity index is 41.4. The summed E-state index contributed by atoms with van der Waals surface area (Å²) in [7, 11) is 0. The van der Waals surface area contributed by atoms with Crippen molar-refractivity contribution in [2.45, 2.75) is 26.8 Å². The van der Waals surface area contributed by atoms with Crippen LogP contribution in [0.2, 0.25) is 0 Å². The molecule has 0 atom stereocenters. The molecule has 0 amide bonds. The summed E-state index contributed by atoms with van der Waals surface area (Å²) in [6.45, 7) is 6.76. The van der Waals surface area contributed by atoms with Crippen LogP contribution in [0.1, 0.15) is 20.8 Å². The fourth-order valence-electron chi connectivity index (χ4n) is 0.250. The monoisotopic (exact) mass is 139 g/mol. The van der Waals surface area contributed by atoms with Gasteiger partial charge in [0.2, 0.25) is 0 Å². The largest absolute Gasteiger partial charge is 0.302 e. The minimum absolute atomic E-state index is 0. The minimum Gasteiger partial charge on any atom is -0.302 e. The van der Waals surface area contributed by atoms with Gasteiger partial charge in [0.25, 0.3) is 0 Å². The van der Waals surface area contributed by atoms with Gasteiger partial charge < -0.3 is 4.84 Å². The highest BCUT2D eigenvalue weighted by Gasteiger charge is 1.85. The van der Waals surface area contributed by atoms with E-state index in [2.05, 4.69) is 5.48 Å². The van der Waals surface area contributed by atoms with Gasteiger partial charge in [-0.05, 0) is 20.8 Å². The summed E-state index contributed by atoms with van der Waals surface area (Å²) in [6, 6.07) is 0.431. The smallest absolute Gasteiger partial charge is 0.0654 e. The van der Waals surface area contributed by atoms with E-state index >= 15 is 0 Å². The molecule has 0 aromatic carbocycles. The second-order valence-electron chi connectivity index (χ2n) is 1.71. The molecular formula is C5H14ClNO. The quantitative estimate of drug-likeness (QED) is 0.597. The van der Waals surface area contributed by atoms with E-state index in [-0.39, 0.29) is 12.4 Å². The van der Waals surface area contributed by atoms with Crippen molar-refractivity contribution in [2.24, 2.45) is 0 Å². The Kier molecular flexibility index (Phi) is 9.97. The molecular weight excluding hydrogens is 126 g/mol. The summed E-state index contributed by atoms with van der Waals surface area (Å²) < 4.78 is 0. The Morgan fingerprint density at radius 2 is 2.00 bits per heavy atom. The van der Waals surface area contributed by atoms with Crippen molar-refractivity contribution >= 4 is 12.4 Å². The third kappa shape index (κ3) is 9.51. The average molecular weight is 140 g/mol. The Balaban J connectivity index is 0. The number of rotatable bonds is 3. The van der Waals surface area contributed by atoms with Crippen LogP contribution in [0.15, 0.2) is 0 Å². The molecule has 0 rings (SSSR count). The summed E-state index contributed by atoms with van der Waals surface area (Å²) in [5, 5.41) is 0. The van der Waals surface area contributed by atoms with Crippen molar-refractivity contribution in [1.29, 1.82) is 0 Å². The normalized spacial score (nSPS) is 9.00. The van der Waals surface area contributed by atoms with Gasteiger partial charge in [0.05, 0.1) is 6.61 Å². The highest BCUT2D eigenvalue weighted by molar-refractivity contribution is 5.85. The van der Waals surface area contributed by atoms with E-state index in [0.717, 1.165) is 6.61 Å². The van der Waals surface area contributed by atoms with Crippen LogP contribution < -0.4 is 5.48 Å². The summed E-state index contributed by atoms with van der Waals surface area (Å²) in [5.74, 6) is 0. The third-order valence-electron chi connectivity index (χ3n) is 0.463. The first-order valence-corrected chi connectivity index (χ1v) is 2.64. The molecule has 0 aromatic heterocycles. The number of hydrogen-bond acceptors (Lipinski definition) is 2. The van der Waals surface area contributed by atoms with Crippen LogP contribution in [0.5, 0.6) is 0 Å². The molecule has 0 radical (unpaired) electrons. The van der Waals surface area contributed by atoms with Gasteiger partial charge in [-0.3, -0.25) is 0 Å². The number of hydrogen-bond donors (Lipinski definition) is 1. The zero-order valence-corrected chi connectivity index (χ0v) is 6.42. The molecule has 0 bridgehead atoms. The molecule has 52 valence electrons. The Morgan fingerprint density at radius 3 is 2.12 bits per heavy atom. The van der Waals surface area contributed by atoms with E-state index in [1.54, 1.807) is 0 Å². The summed E-state index contributed by atoms with van der Waals surface area (Å²) in [4.78, 5) is 4.84. The van der Waals surface area contributed by atoms with Gasteiger partial charge in [-0.1, -0.05) is 0 Å². The topological polar surface area (TPSA) is 21.3 Å². The van der Waals surface area contributed by atoms with Gasteiger partial charge in [0.15, 0.2) is 0 Å². The van der Waals surface area contributed by atoms with Crippen LogP contribution in [-0.4, -0.2) is 12.6 Å². The minimum atomic E-state index is 0. The fraction of sp³-hybridized carbons (Fsp3) is 1.00.